The summed E-state index contributed by atoms with van der Waals surface area (Å²) in [5.74, 6) is -0.269. The molecule has 0 saturated heterocycles. The van der Waals surface area contributed by atoms with Crippen molar-refractivity contribution in [2.75, 3.05) is 0 Å². The van der Waals surface area contributed by atoms with Gasteiger partial charge < -0.3 is 4.74 Å². The van der Waals surface area contributed by atoms with Crippen LogP contribution in [0.1, 0.15) is 5.69 Å². The fourth-order valence-electron chi connectivity index (χ4n) is 0.660. The highest BCUT2D eigenvalue weighted by Crippen LogP contribution is 2.18. The third-order valence-corrected chi connectivity index (χ3v) is 1.78. The van der Waals surface area contributed by atoms with E-state index in [-0.39, 0.29) is 11.6 Å². The summed E-state index contributed by atoms with van der Waals surface area (Å²) in [5, 5.41) is 8.49. The summed E-state index contributed by atoms with van der Waals surface area (Å²) in [7, 11) is 0. The minimum Gasteiger partial charge on any atom is -0.417 e. The molecule has 68 valence electrons. The number of nitrogens with zero attached hydrogens (tertiary/aromatic N) is 2. The molecular weight excluding hydrogens is 246 g/mol. The van der Waals surface area contributed by atoms with Crippen LogP contribution in [0.3, 0.4) is 0 Å². The maximum absolute atomic E-state index is 11.7. The predicted molar refractivity (Wildman–Crippen MR) is 43.3 cm³/mol. The van der Waals surface area contributed by atoms with E-state index in [0.29, 0.717) is 4.47 Å². The molecule has 0 saturated carbocycles. The Kier molecular flexibility index (Phi) is 3.14. The molecule has 0 unspecified atom stereocenters. The molecule has 13 heavy (non-hydrogen) atoms. The topological polar surface area (TPSA) is 45.9 Å². The van der Waals surface area contributed by atoms with Crippen molar-refractivity contribution in [3.05, 3.63) is 22.3 Å². The monoisotopic (exact) mass is 248 g/mol. The van der Waals surface area contributed by atoms with Gasteiger partial charge in [0.1, 0.15) is 6.07 Å². The Labute approximate surface area is 81.1 Å². The van der Waals surface area contributed by atoms with Crippen LogP contribution in [0.5, 0.6) is 5.88 Å². The molecule has 0 atom stereocenters. The van der Waals surface area contributed by atoms with E-state index in [2.05, 4.69) is 25.7 Å². The fourth-order valence-corrected chi connectivity index (χ4v) is 0.969. The van der Waals surface area contributed by atoms with Gasteiger partial charge in [-0.2, -0.15) is 14.0 Å². The second kappa shape index (κ2) is 4.14. The van der Waals surface area contributed by atoms with Crippen LogP contribution < -0.4 is 4.74 Å². The summed E-state index contributed by atoms with van der Waals surface area (Å²) in [5.41, 5.74) is 0.0122. The van der Waals surface area contributed by atoms with Crippen molar-refractivity contribution in [2.45, 2.75) is 6.61 Å². The van der Waals surface area contributed by atoms with Gasteiger partial charge in [-0.1, -0.05) is 0 Å². The maximum atomic E-state index is 11.7. The molecule has 0 N–H and O–H groups in total. The van der Waals surface area contributed by atoms with Gasteiger partial charge in [-0.25, -0.2) is 4.98 Å². The fraction of sp³-hybridized carbons (Fsp3) is 0.143. The smallest absolute Gasteiger partial charge is 0.388 e. The van der Waals surface area contributed by atoms with Crippen molar-refractivity contribution in [3.63, 3.8) is 0 Å². The van der Waals surface area contributed by atoms with Crippen LogP contribution in [0.2, 0.25) is 0 Å². The van der Waals surface area contributed by atoms with Crippen molar-refractivity contribution in [1.82, 2.24) is 4.98 Å². The molecule has 0 fully saturated rings. The molecule has 6 heteroatoms. The highest BCUT2D eigenvalue weighted by molar-refractivity contribution is 9.10. The van der Waals surface area contributed by atoms with E-state index in [1.165, 1.54) is 12.1 Å². The van der Waals surface area contributed by atoms with Gasteiger partial charge in [0, 0.05) is 6.07 Å². The Morgan fingerprint density at radius 2 is 2.23 bits per heavy atom. The van der Waals surface area contributed by atoms with E-state index in [4.69, 9.17) is 5.26 Å². The number of halogens is 3. The highest BCUT2D eigenvalue weighted by Gasteiger charge is 2.07. The van der Waals surface area contributed by atoms with Gasteiger partial charge in [0.2, 0.25) is 5.88 Å². The normalized spacial score (nSPS) is 9.77. The van der Waals surface area contributed by atoms with E-state index in [1.54, 1.807) is 6.07 Å². The number of rotatable bonds is 2. The molecule has 0 aliphatic heterocycles. The van der Waals surface area contributed by atoms with Crippen molar-refractivity contribution in [1.29, 1.82) is 5.26 Å². The molecule has 0 bridgehead atoms. The molecule has 0 amide bonds. The number of ether oxygens (including phenoxy) is 1. The van der Waals surface area contributed by atoms with Gasteiger partial charge in [0.15, 0.2) is 5.69 Å². The summed E-state index contributed by atoms with van der Waals surface area (Å²) in [6.07, 6.45) is 0. The third kappa shape index (κ3) is 2.63. The van der Waals surface area contributed by atoms with Crippen molar-refractivity contribution < 1.29 is 13.5 Å². The number of alkyl halides is 2. The van der Waals surface area contributed by atoms with E-state index < -0.39 is 6.61 Å². The molecule has 0 spiro atoms. The van der Waals surface area contributed by atoms with Crippen molar-refractivity contribution in [3.8, 4) is 11.9 Å². The lowest BCUT2D eigenvalue weighted by molar-refractivity contribution is -0.0528. The standard InChI is InChI=1S/C7H3BrF2N2O/c8-4-1-2-6(13-7(9)10)12-5(4)3-11/h1-2,7H. The first kappa shape index (κ1) is 9.86. The van der Waals surface area contributed by atoms with Gasteiger partial charge in [-0.05, 0) is 22.0 Å². The Morgan fingerprint density at radius 3 is 2.77 bits per heavy atom. The van der Waals surface area contributed by atoms with Crippen LogP contribution in [0.25, 0.3) is 0 Å². The van der Waals surface area contributed by atoms with Crippen LogP contribution in [0.15, 0.2) is 16.6 Å². The van der Waals surface area contributed by atoms with Gasteiger partial charge in [0.05, 0.1) is 4.47 Å². The highest BCUT2D eigenvalue weighted by atomic mass is 79.9. The van der Waals surface area contributed by atoms with E-state index in [1.807, 2.05) is 0 Å². The zero-order valence-corrected chi connectivity index (χ0v) is 7.75. The SMILES string of the molecule is N#Cc1nc(OC(F)F)ccc1Br. The number of nitriles is 1. The zero-order chi connectivity index (χ0) is 9.84. The second-order valence-electron chi connectivity index (χ2n) is 1.97. The number of hydrogen-bond acceptors (Lipinski definition) is 3. The minimum absolute atomic E-state index is 0.0122. The molecule has 3 nitrogen and oxygen atoms in total. The number of pyridine rings is 1. The van der Waals surface area contributed by atoms with E-state index in [9.17, 15) is 8.78 Å². The molecule has 0 aliphatic rings. The van der Waals surface area contributed by atoms with E-state index in [0.717, 1.165) is 0 Å². The molecule has 1 rings (SSSR count). The Balaban J connectivity index is 2.95. The molecule has 1 aromatic heterocycles. The molecule has 1 heterocycles. The number of hydrogen-bond donors (Lipinski definition) is 0. The summed E-state index contributed by atoms with van der Waals surface area (Å²) >= 11 is 3.03. The third-order valence-electron chi connectivity index (χ3n) is 1.14. The van der Waals surface area contributed by atoms with Gasteiger partial charge in [-0.3, -0.25) is 0 Å². The van der Waals surface area contributed by atoms with E-state index >= 15 is 0 Å². The minimum atomic E-state index is -2.93. The quantitative estimate of drug-likeness (QED) is 0.807. The lowest BCUT2D eigenvalue weighted by atomic mass is 10.4. The Morgan fingerprint density at radius 1 is 1.54 bits per heavy atom. The zero-order valence-electron chi connectivity index (χ0n) is 6.17. The first-order valence-corrected chi connectivity index (χ1v) is 3.94. The predicted octanol–water partition coefficient (Wildman–Crippen LogP) is 2.32. The molecular formula is C7H3BrF2N2O. The van der Waals surface area contributed by atoms with Crippen LogP contribution in [0, 0.1) is 11.3 Å². The van der Waals surface area contributed by atoms with Gasteiger partial charge in [0.25, 0.3) is 0 Å². The van der Waals surface area contributed by atoms with Gasteiger partial charge >= 0.3 is 6.61 Å². The first-order chi connectivity index (χ1) is 6.13. The average Bonchev–Trinajstić information content (AvgIpc) is 2.07. The van der Waals surface area contributed by atoms with Crippen molar-refractivity contribution >= 4 is 15.9 Å². The lowest BCUT2D eigenvalue weighted by Crippen LogP contribution is -2.04. The number of aromatic nitrogens is 1. The average molecular weight is 249 g/mol. The Bertz CT molecular complexity index is 351. The molecule has 0 radical (unpaired) electrons. The van der Waals surface area contributed by atoms with Crippen LogP contribution in [0.4, 0.5) is 8.78 Å². The first-order valence-electron chi connectivity index (χ1n) is 3.15. The van der Waals surface area contributed by atoms with Crippen LogP contribution >= 0.6 is 15.9 Å². The largest absolute Gasteiger partial charge is 0.417 e. The summed E-state index contributed by atoms with van der Waals surface area (Å²) in [6.45, 7) is -2.93. The van der Waals surface area contributed by atoms with Crippen LogP contribution in [-0.4, -0.2) is 11.6 Å². The Hall–Kier alpha value is -1.22. The van der Waals surface area contributed by atoms with Gasteiger partial charge in [-0.15, -0.1) is 0 Å². The second-order valence-corrected chi connectivity index (χ2v) is 2.82. The molecule has 0 aromatic carbocycles. The lowest BCUT2D eigenvalue weighted by Gasteiger charge is -2.03. The van der Waals surface area contributed by atoms with Crippen molar-refractivity contribution in [2.24, 2.45) is 0 Å². The summed E-state index contributed by atoms with van der Waals surface area (Å²) in [4.78, 5) is 3.52. The summed E-state index contributed by atoms with van der Waals surface area (Å²) in [6, 6.07) is 4.39. The molecule has 0 aliphatic carbocycles. The maximum Gasteiger partial charge on any atom is 0.388 e. The molecule has 1 aromatic rings. The van der Waals surface area contributed by atoms with Crippen LogP contribution in [-0.2, 0) is 0 Å². The summed E-state index contributed by atoms with van der Waals surface area (Å²) < 4.78 is 27.8.